The van der Waals surface area contributed by atoms with Gasteiger partial charge < -0.3 is 10.2 Å². The van der Waals surface area contributed by atoms with E-state index in [1.54, 1.807) is 39.2 Å². The van der Waals surface area contributed by atoms with Crippen LogP contribution in [0.2, 0.25) is 0 Å². The van der Waals surface area contributed by atoms with Crippen LogP contribution in [0, 0.1) is 20.8 Å². The fourth-order valence-corrected chi connectivity index (χ4v) is 2.12. The Kier molecular flexibility index (Phi) is 2.82. The number of phenols is 1. The molecule has 0 atom stereocenters. The molecule has 0 saturated heterocycles. The first kappa shape index (κ1) is 12.2. The number of aromatic carboxylic acids is 1. The zero-order valence-corrected chi connectivity index (χ0v) is 10.4. The summed E-state index contributed by atoms with van der Waals surface area (Å²) in [6, 6.07) is 1.72. The molecule has 0 bridgehead atoms. The number of carbonyl (C=O) groups is 1. The van der Waals surface area contributed by atoms with Crippen molar-refractivity contribution in [3.05, 3.63) is 40.7 Å². The maximum absolute atomic E-state index is 11.3. The van der Waals surface area contributed by atoms with Crippen molar-refractivity contribution >= 4 is 5.97 Å². The highest BCUT2D eigenvalue weighted by Gasteiger charge is 2.22. The molecule has 1 aromatic heterocycles. The molecule has 18 heavy (non-hydrogen) atoms. The summed E-state index contributed by atoms with van der Waals surface area (Å²) in [5.74, 6) is -0.930. The molecule has 1 aromatic carbocycles. The molecule has 0 radical (unpaired) electrons. The number of carboxylic acid groups (broad SMARTS) is 1. The van der Waals surface area contributed by atoms with Crippen molar-refractivity contribution in [1.82, 2.24) is 9.78 Å². The van der Waals surface area contributed by atoms with Gasteiger partial charge >= 0.3 is 5.97 Å². The fraction of sp³-hybridized carbons (Fsp3) is 0.231. The summed E-state index contributed by atoms with van der Waals surface area (Å²) in [5.41, 5.74) is 2.28. The first-order valence-corrected chi connectivity index (χ1v) is 5.51. The minimum absolute atomic E-state index is 0.0682. The number of aromatic nitrogens is 2. The minimum atomic E-state index is -0.999. The molecule has 1 heterocycles. The number of nitrogens with zero attached hydrogens (tertiary/aromatic N) is 2. The number of benzene rings is 1. The van der Waals surface area contributed by atoms with E-state index in [0.29, 0.717) is 22.4 Å². The van der Waals surface area contributed by atoms with Crippen molar-refractivity contribution in [3.8, 4) is 11.4 Å². The van der Waals surface area contributed by atoms with Gasteiger partial charge in [-0.1, -0.05) is 0 Å². The number of aromatic hydroxyl groups is 1. The third-order valence-electron chi connectivity index (χ3n) is 3.19. The van der Waals surface area contributed by atoms with Crippen molar-refractivity contribution in [2.24, 2.45) is 0 Å². The van der Waals surface area contributed by atoms with E-state index in [0.717, 1.165) is 0 Å². The summed E-state index contributed by atoms with van der Waals surface area (Å²) >= 11 is 0. The first-order chi connectivity index (χ1) is 8.45. The summed E-state index contributed by atoms with van der Waals surface area (Å²) in [4.78, 5) is 11.3. The van der Waals surface area contributed by atoms with Crippen LogP contribution in [-0.4, -0.2) is 26.0 Å². The highest BCUT2D eigenvalue weighted by atomic mass is 16.4. The number of phenolic OH excluding ortho intramolecular Hbond substituents is 1. The lowest BCUT2D eigenvalue weighted by molar-refractivity contribution is 0.0695. The molecule has 2 rings (SSSR count). The Balaban J connectivity index is 2.86. The molecule has 0 aliphatic rings. The molecule has 0 saturated carbocycles. The molecule has 2 aromatic rings. The van der Waals surface area contributed by atoms with Crippen LogP contribution < -0.4 is 0 Å². The second-order valence-corrected chi connectivity index (χ2v) is 4.20. The van der Waals surface area contributed by atoms with Crippen LogP contribution in [0.1, 0.15) is 27.0 Å². The number of hydrogen-bond donors (Lipinski definition) is 2. The Labute approximate surface area is 104 Å². The molecule has 0 spiro atoms. The van der Waals surface area contributed by atoms with Gasteiger partial charge in [-0.05, 0) is 43.5 Å². The maximum atomic E-state index is 11.3. The molecule has 0 aliphatic carbocycles. The molecule has 0 aliphatic heterocycles. The highest BCUT2D eigenvalue weighted by Crippen LogP contribution is 2.34. The third kappa shape index (κ3) is 1.64. The van der Waals surface area contributed by atoms with Gasteiger partial charge in [0.15, 0.2) is 0 Å². The Bertz CT molecular complexity index is 616. The standard InChI is InChI=1S/C13H14N2O3/c1-7-8(2)12(16)11(15-6-4-5-14-15)9(3)10(7)13(17)18/h4-6,16H,1-3H3,(H,17,18). The molecule has 0 fully saturated rings. The lowest BCUT2D eigenvalue weighted by Gasteiger charge is -2.16. The molecule has 5 nitrogen and oxygen atoms in total. The molecule has 5 heteroatoms. The average molecular weight is 246 g/mol. The SMILES string of the molecule is Cc1c(C)c(C(=O)O)c(C)c(-n2cccn2)c1O. The summed E-state index contributed by atoms with van der Waals surface area (Å²) in [7, 11) is 0. The van der Waals surface area contributed by atoms with Crippen LogP contribution >= 0.6 is 0 Å². The normalized spacial score (nSPS) is 10.6. The van der Waals surface area contributed by atoms with E-state index >= 15 is 0 Å². The number of hydrogen-bond acceptors (Lipinski definition) is 3. The minimum Gasteiger partial charge on any atom is -0.505 e. The van der Waals surface area contributed by atoms with Crippen molar-refractivity contribution in [2.45, 2.75) is 20.8 Å². The predicted octanol–water partition coefficient (Wildman–Crippen LogP) is 2.20. The summed E-state index contributed by atoms with van der Waals surface area (Å²) < 4.78 is 1.48. The van der Waals surface area contributed by atoms with Gasteiger partial charge in [0.1, 0.15) is 11.4 Å². The Morgan fingerprint density at radius 1 is 1.22 bits per heavy atom. The Morgan fingerprint density at radius 3 is 2.39 bits per heavy atom. The fourth-order valence-electron chi connectivity index (χ4n) is 2.12. The third-order valence-corrected chi connectivity index (χ3v) is 3.19. The molecular weight excluding hydrogens is 232 g/mol. The number of rotatable bonds is 2. The van der Waals surface area contributed by atoms with Gasteiger partial charge in [-0.3, -0.25) is 0 Å². The van der Waals surface area contributed by atoms with Crippen LogP contribution in [0.25, 0.3) is 5.69 Å². The van der Waals surface area contributed by atoms with Crippen LogP contribution in [-0.2, 0) is 0 Å². The van der Waals surface area contributed by atoms with E-state index < -0.39 is 5.97 Å². The van der Waals surface area contributed by atoms with Crippen LogP contribution in [0.5, 0.6) is 5.75 Å². The maximum Gasteiger partial charge on any atom is 0.336 e. The van der Waals surface area contributed by atoms with Crippen molar-refractivity contribution in [2.75, 3.05) is 0 Å². The van der Waals surface area contributed by atoms with Crippen molar-refractivity contribution in [1.29, 1.82) is 0 Å². The quantitative estimate of drug-likeness (QED) is 0.851. The van der Waals surface area contributed by atoms with Crippen molar-refractivity contribution < 1.29 is 15.0 Å². The molecule has 0 amide bonds. The van der Waals surface area contributed by atoms with E-state index in [2.05, 4.69) is 5.10 Å². The van der Waals surface area contributed by atoms with Gasteiger partial charge in [0.2, 0.25) is 0 Å². The lowest BCUT2D eigenvalue weighted by atomic mass is 9.95. The molecule has 0 unspecified atom stereocenters. The summed E-state index contributed by atoms with van der Waals surface area (Å²) in [6.07, 6.45) is 3.25. The molecule has 2 N–H and O–H groups in total. The Hall–Kier alpha value is -2.30. The molecule has 94 valence electrons. The van der Waals surface area contributed by atoms with Gasteiger partial charge in [0.25, 0.3) is 0 Å². The van der Waals surface area contributed by atoms with Crippen LogP contribution in [0.15, 0.2) is 18.5 Å². The van der Waals surface area contributed by atoms with Crippen molar-refractivity contribution in [3.63, 3.8) is 0 Å². The average Bonchev–Trinajstić information content (AvgIpc) is 2.79. The van der Waals surface area contributed by atoms with Crippen LogP contribution in [0.3, 0.4) is 0 Å². The van der Waals surface area contributed by atoms with E-state index in [1.165, 1.54) is 4.68 Å². The highest BCUT2D eigenvalue weighted by molar-refractivity contribution is 5.93. The van der Waals surface area contributed by atoms with E-state index in [1.807, 2.05) is 0 Å². The number of carboxylic acids is 1. The summed E-state index contributed by atoms with van der Waals surface area (Å²) in [6.45, 7) is 5.06. The zero-order valence-electron chi connectivity index (χ0n) is 10.4. The Morgan fingerprint density at radius 2 is 1.89 bits per heavy atom. The van der Waals surface area contributed by atoms with E-state index in [-0.39, 0.29) is 11.3 Å². The monoisotopic (exact) mass is 246 g/mol. The second kappa shape index (κ2) is 4.18. The largest absolute Gasteiger partial charge is 0.505 e. The topological polar surface area (TPSA) is 75.3 Å². The zero-order chi connectivity index (χ0) is 13.4. The predicted molar refractivity (Wildman–Crippen MR) is 66.4 cm³/mol. The van der Waals surface area contributed by atoms with Crippen LogP contribution in [0.4, 0.5) is 0 Å². The van der Waals surface area contributed by atoms with Gasteiger partial charge in [-0.15, -0.1) is 0 Å². The van der Waals surface area contributed by atoms with Gasteiger partial charge in [0.05, 0.1) is 5.56 Å². The smallest absolute Gasteiger partial charge is 0.336 e. The van der Waals surface area contributed by atoms with Gasteiger partial charge in [-0.25, -0.2) is 9.48 Å². The first-order valence-electron chi connectivity index (χ1n) is 5.51. The summed E-state index contributed by atoms with van der Waals surface area (Å²) in [5, 5.41) is 23.5. The van der Waals surface area contributed by atoms with Gasteiger partial charge in [0, 0.05) is 12.4 Å². The van der Waals surface area contributed by atoms with E-state index in [4.69, 9.17) is 0 Å². The molecular formula is C13H14N2O3. The van der Waals surface area contributed by atoms with E-state index in [9.17, 15) is 15.0 Å². The second-order valence-electron chi connectivity index (χ2n) is 4.20. The lowest BCUT2D eigenvalue weighted by Crippen LogP contribution is -2.10. The van der Waals surface area contributed by atoms with Gasteiger partial charge in [-0.2, -0.15) is 5.10 Å².